The van der Waals surface area contributed by atoms with Gasteiger partial charge in [-0.15, -0.1) is 25.8 Å². The van der Waals surface area contributed by atoms with Gasteiger partial charge in [0.1, 0.15) is 5.75 Å². The lowest BCUT2D eigenvalue weighted by Crippen LogP contribution is -2.18. The number of nitrogens with two attached hydrogens (primary N) is 1. The summed E-state index contributed by atoms with van der Waals surface area (Å²) >= 11 is 3.86. The van der Waals surface area contributed by atoms with Crippen LogP contribution in [0.2, 0.25) is 0 Å². The minimum atomic E-state index is -4.80. The summed E-state index contributed by atoms with van der Waals surface area (Å²) in [6, 6.07) is 3.13. The number of halogens is 3. The van der Waals surface area contributed by atoms with E-state index in [-0.39, 0.29) is 10.5 Å². The lowest BCUT2D eigenvalue weighted by Gasteiger charge is -2.10. The van der Waals surface area contributed by atoms with Crippen molar-refractivity contribution in [2.45, 2.75) is 11.3 Å². The molecule has 0 saturated carbocycles. The maximum absolute atomic E-state index is 11.8. The highest BCUT2D eigenvalue weighted by atomic mass is 32.1. The second-order valence-electron chi connectivity index (χ2n) is 2.59. The molecule has 0 heterocycles. The molecular formula is C8H6F3NO2S. The van der Waals surface area contributed by atoms with Crippen molar-refractivity contribution in [2.75, 3.05) is 0 Å². The number of benzene rings is 1. The van der Waals surface area contributed by atoms with Gasteiger partial charge in [-0.25, -0.2) is 0 Å². The summed E-state index contributed by atoms with van der Waals surface area (Å²) < 4.78 is 39.1. The minimum Gasteiger partial charge on any atom is -0.406 e. The SMILES string of the molecule is NC(=O)c1cc(OC(F)(F)F)ccc1S. The Bertz CT molecular complexity index is 392. The Kier molecular flexibility index (Phi) is 3.13. The van der Waals surface area contributed by atoms with Crippen molar-refractivity contribution < 1.29 is 22.7 Å². The zero-order valence-corrected chi connectivity index (χ0v) is 8.10. The summed E-state index contributed by atoms with van der Waals surface area (Å²) in [4.78, 5) is 11.0. The molecule has 1 rings (SSSR count). The Morgan fingerprint density at radius 3 is 2.47 bits per heavy atom. The van der Waals surface area contributed by atoms with Gasteiger partial charge in [0.05, 0.1) is 5.56 Å². The second-order valence-corrected chi connectivity index (χ2v) is 3.07. The molecule has 0 saturated heterocycles. The second kappa shape index (κ2) is 4.01. The molecule has 1 aromatic carbocycles. The molecule has 15 heavy (non-hydrogen) atoms. The Labute approximate surface area is 88.4 Å². The van der Waals surface area contributed by atoms with E-state index in [9.17, 15) is 18.0 Å². The van der Waals surface area contributed by atoms with Gasteiger partial charge in [0.25, 0.3) is 0 Å². The van der Waals surface area contributed by atoms with Gasteiger partial charge in [-0.3, -0.25) is 4.79 Å². The lowest BCUT2D eigenvalue weighted by atomic mass is 10.2. The smallest absolute Gasteiger partial charge is 0.406 e. The topological polar surface area (TPSA) is 52.3 Å². The summed E-state index contributed by atoms with van der Waals surface area (Å²) in [6.45, 7) is 0. The first-order valence-corrected chi connectivity index (χ1v) is 4.13. The zero-order valence-electron chi connectivity index (χ0n) is 7.21. The van der Waals surface area contributed by atoms with Gasteiger partial charge in [-0.05, 0) is 18.2 Å². The average Bonchev–Trinajstić information content (AvgIpc) is 2.05. The van der Waals surface area contributed by atoms with Gasteiger partial charge < -0.3 is 10.5 Å². The van der Waals surface area contributed by atoms with E-state index in [2.05, 4.69) is 17.4 Å². The normalized spacial score (nSPS) is 11.2. The van der Waals surface area contributed by atoms with Crippen LogP contribution in [-0.4, -0.2) is 12.3 Å². The number of thiol groups is 1. The minimum absolute atomic E-state index is 0.125. The molecule has 0 radical (unpaired) electrons. The van der Waals surface area contributed by atoms with Crippen LogP contribution < -0.4 is 10.5 Å². The number of alkyl halides is 3. The van der Waals surface area contributed by atoms with E-state index in [1.165, 1.54) is 6.07 Å². The van der Waals surface area contributed by atoms with Crippen molar-refractivity contribution in [2.24, 2.45) is 5.73 Å². The summed E-state index contributed by atoms with van der Waals surface area (Å²) in [7, 11) is 0. The fourth-order valence-electron chi connectivity index (χ4n) is 0.910. The number of rotatable bonds is 2. The van der Waals surface area contributed by atoms with Crippen LogP contribution in [0.5, 0.6) is 5.75 Å². The van der Waals surface area contributed by atoms with Crippen molar-refractivity contribution in [1.82, 2.24) is 0 Å². The first kappa shape index (κ1) is 11.7. The highest BCUT2D eigenvalue weighted by Gasteiger charge is 2.31. The summed E-state index contributed by atoms with van der Waals surface area (Å²) in [5, 5.41) is 0. The third kappa shape index (κ3) is 3.35. The molecule has 0 aromatic heterocycles. The van der Waals surface area contributed by atoms with Crippen molar-refractivity contribution in [3.05, 3.63) is 23.8 Å². The maximum Gasteiger partial charge on any atom is 0.573 e. The number of carbonyl (C=O) groups is 1. The summed E-state index contributed by atoms with van der Waals surface area (Å²) in [6.07, 6.45) is -4.80. The van der Waals surface area contributed by atoms with Gasteiger partial charge in [-0.1, -0.05) is 0 Å². The van der Waals surface area contributed by atoms with Crippen LogP contribution in [0.4, 0.5) is 13.2 Å². The number of ether oxygens (including phenoxy) is 1. The maximum atomic E-state index is 11.8. The Hall–Kier alpha value is -1.37. The Morgan fingerprint density at radius 1 is 1.40 bits per heavy atom. The third-order valence-corrected chi connectivity index (χ3v) is 1.86. The van der Waals surface area contributed by atoms with Crippen molar-refractivity contribution in [3.63, 3.8) is 0 Å². The van der Waals surface area contributed by atoms with E-state index < -0.39 is 18.0 Å². The van der Waals surface area contributed by atoms with Crippen LogP contribution in [0.15, 0.2) is 23.1 Å². The van der Waals surface area contributed by atoms with E-state index in [1.807, 2.05) is 0 Å². The summed E-state index contributed by atoms with van der Waals surface area (Å²) in [5.41, 5.74) is 4.80. The fourth-order valence-corrected chi connectivity index (χ4v) is 1.16. The number of amides is 1. The molecule has 3 nitrogen and oxygen atoms in total. The molecule has 7 heteroatoms. The molecule has 0 bridgehead atoms. The first-order valence-electron chi connectivity index (χ1n) is 3.68. The summed E-state index contributed by atoms with van der Waals surface area (Å²) in [5.74, 6) is -1.37. The standard InChI is InChI=1S/C8H6F3NO2S/c9-8(10,11)14-4-1-2-6(15)5(3-4)7(12)13/h1-3,15H,(H2,12,13). The van der Waals surface area contributed by atoms with Gasteiger partial charge in [0, 0.05) is 4.90 Å². The number of carbonyl (C=O) groups excluding carboxylic acids is 1. The van der Waals surface area contributed by atoms with Crippen LogP contribution in [0, 0.1) is 0 Å². The van der Waals surface area contributed by atoms with Crippen LogP contribution in [0.3, 0.4) is 0 Å². The Balaban J connectivity index is 3.03. The molecule has 0 fully saturated rings. The molecule has 0 aliphatic heterocycles. The van der Waals surface area contributed by atoms with Gasteiger partial charge >= 0.3 is 6.36 Å². The van der Waals surface area contributed by atoms with Crippen molar-refractivity contribution in [3.8, 4) is 5.75 Å². The van der Waals surface area contributed by atoms with Crippen LogP contribution in [0.1, 0.15) is 10.4 Å². The van der Waals surface area contributed by atoms with E-state index in [0.29, 0.717) is 0 Å². The molecule has 0 atom stereocenters. The first-order chi connectivity index (χ1) is 6.79. The molecule has 1 aromatic rings. The van der Waals surface area contributed by atoms with Crippen molar-refractivity contribution in [1.29, 1.82) is 0 Å². The number of hydrogen-bond donors (Lipinski definition) is 2. The van der Waals surface area contributed by atoms with Gasteiger partial charge in [0.2, 0.25) is 5.91 Å². The molecule has 0 aliphatic carbocycles. The van der Waals surface area contributed by atoms with Gasteiger partial charge in [0.15, 0.2) is 0 Å². The molecule has 0 spiro atoms. The van der Waals surface area contributed by atoms with Crippen LogP contribution in [0.25, 0.3) is 0 Å². The average molecular weight is 237 g/mol. The predicted molar refractivity (Wildman–Crippen MR) is 48.9 cm³/mol. The number of hydrogen-bond acceptors (Lipinski definition) is 3. The van der Waals surface area contributed by atoms with Crippen LogP contribution >= 0.6 is 12.6 Å². The molecule has 82 valence electrons. The highest BCUT2D eigenvalue weighted by molar-refractivity contribution is 7.80. The largest absolute Gasteiger partial charge is 0.573 e. The van der Waals surface area contributed by atoms with E-state index >= 15 is 0 Å². The Morgan fingerprint density at radius 2 is 2.00 bits per heavy atom. The third-order valence-electron chi connectivity index (χ3n) is 1.47. The van der Waals surface area contributed by atoms with Crippen molar-refractivity contribution >= 4 is 18.5 Å². The molecule has 0 unspecified atom stereocenters. The lowest BCUT2D eigenvalue weighted by molar-refractivity contribution is -0.274. The van der Waals surface area contributed by atoms with E-state index in [0.717, 1.165) is 12.1 Å². The van der Waals surface area contributed by atoms with Crippen LogP contribution in [-0.2, 0) is 0 Å². The fraction of sp³-hybridized carbons (Fsp3) is 0.125. The zero-order chi connectivity index (χ0) is 11.6. The molecule has 2 N–H and O–H groups in total. The molecular weight excluding hydrogens is 231 g/mol. The van der Waals surface area contributed by atoms with Gasteiger partial charge in [-0.2, -0.15) is 0 Å². The molecule has 1 amide bonds. The highest BCUT2D eigenvalue weighted by Crippen LogP contribution is 2.26. The van der Waals surface area contributed by atoms with E-state index in [4.69, 9.17) is 5.73 Å². The molecule has 0 aliphatic rings. The monoisotopic (exact) mass is 237 g/mol. The quantitative estimate of drug-likeness (QED) is 0.772. The predicted octanol–water partition coefficient (Wildman–Crippen LogP) is 1.97. The van der Waals surface area contributed by atoms with E-state index in [1.54, 1.807) is 0 Å². The number of primary amides is 1.